The first kappa shape index (κ1) is 9.21. The number of nitrogens with zero attached hydrogens (tertiary/aromatic N) is 3. The first-order chi connectivity index (χ1) is 6.81. The standard InChI is InChI=1S/C9H8BrN3O/c1-14-7-2-3-9(8(10)6-7)13-5-4-11-12-13/h2-6H,1H3. The summed E-state index contributed by atoms with van der Waals surface area (Å²) >= 11 is 3.44. The minimum atomic E-state index is 0.806. The molecule has 0 aliphatic heterocycles. The molecule has 2 aromatic rings. The molecule has 72 valence electrons. The Kier molecular flexibility index (Phi) is 2.49. The molecule has 1 aromatic heterocycles. The van der Waals surface area contributed by atoms with Gasteiger partial charge in [0.2, 0.25) is 0 Å². The second-order valence-corrected chi connectivity index (χ2v) is 3.52. The molecule has 0 bridgehead atoms. The fourth-order valence-corrected chi connectivity index (χ4v) is 1.68. The normalized spacial score (nSPS) is 10.1. The molecule has 5 heteroatoms. The van der Waals surface area contributed by atoms with Gasteiger partial charge in [-0.1, -0.05) is 5.21 Å². The minimum Gasteiger partial charge on any atom is -0.497 e. The third-order valence-corrected chi connectivity index (χ3v) is 2.46. The van der Waals surface area contributed by atoms with E-state index in [9.17, 15) is 0 Å². The number of ether oxygens (including phenoxy) is 1. The summed E-state index contributed by atoms with van der Waals surface area (Å²) in [6, 6.07) is 5.68. The van der Waals surface area contributed by atoms with Crippen molar-refractivity contribution >= 4 is 15.9 Å². The van der Waals surface area contributed by atoms with Crippen LogP contribution in [0.5, 0.6) is 5.75 Å². The van der Waals surface area contributed by atoms with E-state index in [2.05, 4.69) is 26.2 Å². The molecule has 0 saturated heterocycles. The van der Waals surface area contributed by atoms with E-state index < -0.39 is 0 Å². The van der Waals surface area contributed by atoms with Crippen LogP contribution in [0.1, 0.15) is 0 Å². The van der Waals surface area contributed by atoms with Crippen molar-refractivity contribution in [3.05, 3.63) is 35.1 Å². The number of methoxy groups -OCH3 is 1. The third-order valence-electron chi connectivity index (χ3n) is 1.82. The van der Waals surface area contributed by atoms with Crippen LogP contribution >= 0.6 is 15.9 Å². The van der Waals surface area contributed by atoms with E-state index in [4.69, 9.17) is 4.74 Å². The zero-order chi connectivity index (χ0) is 9.97. The lowest BCUT2D eigenvalue weighted by atomic mass is 10.3. The Balaban J connectivity index is 2.46. The highest BCUT2D eigenvalue weighted by Gasteiger charge is 2.03. The second-order valence-electron chi connectivity index (χ2n) is 2.66. The molecule has 1 heterocycles. The quantitative estimate of drug-likeness (QED) is 0.823. The fraction of sp³-hybridized carbons (Fsp3) is 0.111. The number of hydrogen-bond donors (Lipinski definition) is 0. The van der Waals surface area contributed by atoms with Crippen molar-refractivity contribution < 1.29 is 4.74 Å². The third kappa shape index (κ3) is 1.63. The van der Waals surface area contributed by atoms with Crippen molar-refractivity contribution in [1.29, 1.82) is 0 Å². The molecule has 2 rings (SSSR count). The molecule has 0 saturated carbocycles. The highest BCUT2D eigenvalue weighted by Crippen LogP contribution is 2.24. The Morgan fingerprint density at radius 3 is 2.86 bits per heavy atom. The molecule has 0 amide bonds. The first-order valence-corrected chi connectivity index (χ1v) is 4.81. The zero-order valence-corrected chi connectivity index (χ0v) is 9.10. The van der Waals surface area contributed by atoms with Crippen LogP contribution < -0.4 is 4.74 Å². The summed E-state index contributed by atoms with van der Waals surface area (Å²) in [4.78, 5) is 0. The largest absolute Gasteiger partial charge is 0.497 e. The molecule has 0 N–H and O–H groups in total. The summed E-state index contributed by atoms with van der Waals surface area (Å²) in [6.45, 7) is 0. The van der Waals surface area contributed by atoms with Gasteiger partial charge in [-0.2, -0.15) is 0 Å². The van der Waals surface area contributed by atoms with Gasteiger partial charge in [0.05, 0.1) is 25.2 Å². The number of hydrogen-bond acceptors (Lipinski definition) is 3. The lowest BCUT2D eigenvalue weighted by Crippen LogP contribution is -1.96. The molecule has 0 spiro atoms. The number of aromatic nitrogens is 3. The van der Waals surface area contributed by atoms with Crippen LogP contribution in [0.15, 0.2) is 35.1 Å². The minimum absolute atomic E-state index is 0.806. The Hall–Kier alpha value is -1.36. The summed E-state index contributed by atoms with van der Waals surface area (Å²) in [7, 11) is 1.64. The number of benzene rings is 1. The van der Waals surface area contributed by atoms with Gasteiger partial charge in [0.1, 0.15) is 5.75 Å². The monoisotopic (exact) mass is 253 g/mol. The molecular formula is C9H8BrN3O. The Bertz CT molecular complexity index is 428. The Labute approximate surface area is 89.6 Å². The molecule has 0 fully saturated rings. The van der Waals surface area contributed by atoms with E-state index in [0.29, 0.717) is 0 Å². The van der Waals surface area contributed by atoms with E-state index in [1.54, 1.807) is 24.2 Å². The van der Waals surface area contributed by atoms with Gasteiger partial charge in [0, 0.05) is 4.47 Å². The van der Waals surface area contributed by atoms with Crippen LogP contribution in [0.25, 0.3) is 5.69 Å². The molecule has 0 atom stereocenters. The van der Waals surface area contributed by atoms with E-state index in [0.717, 1.165) is 15.9 Å². The van der Waals surface area contributed by atoms with Crippen LogP contribution in [0, 0.1) is 0 Å². The highest BCUT2D eigenvalue weighted by molar-refractivity contribution is 9.10. The summed E-state index contributed by atoms with van der Waals surface area (Å²) in [6.07, 6.45) is 3.42. The van der Waals surface area contributed by atoms with E-state index >= 15 is 0 Å². The van der Waals surface area contributed by atoms with Crippen LogP contribution in [0.2, 0.25) is 0 Å². The van der Waals surface area contributed by atoms with Crippen molar-refractivity contribution in [2.45, 2.75) is 0 Å². The van der Waals surface area contributed by atoms with Gasteiger partial charge in [-0.05, 0) is 34.1 Å². The van der Waals surface area contributed by atoms with E-state index in [1.807, 2.05) is 18.2 Å². The molecule has 1 aromatic carbocycles. The van der Waals surface area contributed by atoms with Gasteiger partial charge in [-0.25, -0.2) is 4.68 Å². The van der Waals surface area contributed by atoms with Crippen molar-refractivity contribution in [2.75, 3.05) is 7.11 Å². The fourth-order valence-electron chi connectivity index (χ4n) is 1.14. The average molecular weight is 254 g/mol. The van der Waals surface area contributed by atoms with Crippen LogP contribution in [0.3, 0.4) is 0 Å². The lowest BCUT2D eigenvalue weighted by molar-refractivity contribution is 0.414. The van der Waals surface area contributed by atoms with Crippen molar-refractivity contribution in [3.63, 3.8) is 0 Å². The topological polar surface area (TPSA) is 39.9 Å². The predicted octanol–water partition coefficient (Wildman–Crippen LogP) is 2.04. The molecule has 0 unspecified atom stereocenters. The van der Waals surface area contributed by atoms with Gasteiger partial charge in [0.25, 0.3) is 0 Å². The summed E-state index contributed by atoms with van der Waals surface area (Å²) in [5.74, 6) is 0.806. The summed E-state index contributed by atoms with van der Waals surface area (Å²) in [5, 5.41) is 7.64. The average Bonchev–Trinajstić information content (AvgIpc) is 2.70. The van der Waals surface area contributed by atoms with Crippen LogP contribution in [0.4, 0.5) is 0 Å². The van der Waals surface area contributed by atoms with Gasteiger partial charge >= 0.3 is 0 Å². The molecular weight excluding hydrogens is 246 g/mol. The smallest absolute Gasteiger partial charge is 0.120 e. The molecule has 14 heavy (non-hydrogen) atoms. The van der Waals surface area contributed by atoms with E-state index in [1.165, 1.54) is 0 Å². The second kappa shape index (κ2) is 3.79. The number of rotatable bonds is 2. The van der Waals surface area contributed by atoms with Gasteiger partial charge in [0.15, 0.2) is 0 Å². The molecule has 0 aliphatic rings. The first-order valence-electron chi connectivity index (χ1n) is 4.01. The summed E-state index contributed by atoms with van der Waals surface area (Å²) < 4.78 is 7.69. The number of halogens is 1. The lowest BCUT2D eigenvalue weighted by Gasteiger charge is -2.05. The van der Waals surface area contributed by atoms with Crippen LogP contribution in [-0.2, 0) is 0 Å². The van der Waals surface area contributed by atoms with E-state index in [-0.39, 0.29) is 0 Å². The van der Waals surface area contributed by atoms with Gasteiger partial charge in [-0.15, -0.1) is 5.10 Å². The van der Waals surface area contributed by atoms with Gasteiger partial charge in [-0.3, -0.25) is 0 Å². The Morgan fingerprint density at radius 2 is 2.29 bits per heavy atom. The SMILES string of the molecule is COc1ccc(-n2ccnn2)c(Br)c1. The molecule has 0 aliphatic carbocycles. The summed E-state index contributed by atoms with van der Waals surface area (Å²) in [5.41, 5.74) is 0.934. The Morgan fingerprint density at radius 1 is 1.43 bits per heavy atom. The van der Waals surface area contributed by atoms with Crippen molar-refractivity contribution in [2.24, 2.45) is 0 Å². The maximum atomic E-state index is 5.09. The maximum absolute atomic E-state index is 5.09. The molecule has 0 radical (unpaired) electrons. The van der Waals surface area contributed by atoms with Crippen molar-refractivity contribution in [1.82, 2.24) is 15.0 Å². The maximum Gasteiger partial charge on any atom is 0.120 e. The molecule has 4 nitrogen and oxygen atoms in total. The van der Waals surface area contributed by atoms with Gasteiger partial charge < -0.3 is 4.74 Å². The predicted molar refractivity (Wildman–Crippen MR) is 55.6 cm³/mol. The van der Waals surface area contributed by atoms with Crippen LogP contribution in [-0.4, -0.2) is 22.1 Å². The van der Waals surface area contributed by atoms with Crippen molar-refractivity contribution in [3.8, 4) is 11.4 Å². The zero-order valence-electron chi connectivity index (χ0n) is 7.51. The highest BCUT2D eigenvalue weighted by atomic mass is 79.9.